The molecule has 0 aliphatic heterocycles. The molecule has 0 saturated carbocycles. The summed E-state index contributed by atoms with van der Waals surface area (Å²) in [7, 11) is 0. The number of pyridine rings is 1. The molecule has 3 rings (SSSR count). The minimum absolute atomic E-state index is 0.318. The minimum Gasteiger partial charge on any atom is -0.411 e. The van der Waals surface area contributed by atoms with E-state index in [2.05, 4.69) is 26.1 Å². The number of hydrogen-bond donors (Lipinski definition) is 1. The number of benzene rings is 2. The van der Waals surface area contributed by atoms with Crippen molar-refractivity contribution in [2.45, 2.75) is 19.3 Å². The number of rotatable bonds is 5. The van der Waals surface area contributed by atoms with Gasteiger partial charge in [0.15, 0.2) is 0 Å². The van der Waals surface area contributed by atoms with Crippen LogP contribution in [-0.4, -0.2) is 15.9 Å². The highest BCUT2D eigenvalue weighted by molar-refractivity contribution is 9.10. The third kappa shape index (κ3) is 4.77. The second-order valence-electron chi connectivity index (χ2n) is 6.26. The lowest BCUT2D eigenvalue weighted by Gasteiger charge is -2.20. The molecular weight excluding hydrogens is 414 g/mol. The first-order valence-corrected chi connectivity index (χ1v) is 9.09. The van der Waals surface area contributed by atoms with E-state index < -0.39 is 17.6 Å². The van der Waals surface area contributed by atoms with Crippen LogP contribution in [-0.2, 0) is 6.42 Å². The van der Waals surface area contributed by atoms with Crippen molar-refractivity contribution in [2.75, 3.05) is 0 Å². The molecule has 1 atom stereocenters. The van der Waals surface area contributed by atoms with Crippen LogP contribution < -0.4 is 0 Å². The van der Waals surface area contributed by atoms with Crippen molar-refractivity contribution in [3.63, 3.8) is 0 Å². The minimum atomic E-state index is -0.677. The fraction of sp³-hybridized carbons (Fsp3) is 0.143. The summed E-state index contributed by atoms with van der Waals surface area (Å²) >= 11 is 3.38. The van der Waals surface area contributed by atoms with E-state index in [-0.39, 0.29) is 0 Å². The molecule has 0 spiro atoms. The average molecular weight is 431 g/mol. The molecule has 0 saturated heterocycles. The maximum atomic E-state index is 13.9. The summed E-state index contributed by atoms with van der Waals surface area (Å²) in [5.41, 5.74) is 3.26. The van der Waals surface area contributed by atoms with Gasteiger partial charge in [-0.25, -0.2) is 8.78 Å². The topological polar surface area (TPSA) is 45.5 Å². The van der Waals surface area contributed by atoms with Gasteiger partial charge in [0.25, 0.3) is 0 Å². The molecule has 0 aliphatic carbocycles. The smallest absolute Gasteiger partial charge is 0.126 e. The zero-order valence-electron chi connectivity index (χ0n) is 14.5. The molecule has 2 aromatic carbocycles. The van der Waals surface area contributed by atoms with Gasteiger partial charge >= 0.3 is 0 Å². The Morgan fingerprint density at radius 3 is 2.30 bits per heavy atom. The highest BCUT2D eigenvalue weighted by Gasteiger charge is 2.23. The molecule has 1 unspecified atom stereocenters. The summed E-state index contributed by atoms with van der Waals surface area (Å²) < 4.78 is 28.6. The fourth-order valence-corrected chi connectivity index (χ4v) is 3.36. The van der Waals surface area contributed by atoms with Crippen LogP contribution in [0.15, 0.2) is 70.4 Å². The van der Waals surface area contributed by atoms with E-state index in [9.17, 15) is 14.0 Å². The van der Waals surface area contributed by atoms with Crippen LogP contribution in [0.3, 0.4) is 0 Å². The van der Waals surface area contributed by atoms with Crippen LogP contribution in [0.1, 0.15) is 28.3 Å². The number of aryl methyl sites for hydroxylation is 1. The van der Waals surface area contributed by atoms with Crippen LogP contribution in [0.5, 0.6) is 0 Å². The maximum Gasteiger partial charge on any atom is 0.126 e. The lowest BCUT2D eigenvalue weighted by atomic mass is 9.84. The van der Waals surface area contributed by atoms with Gasteiger partial charge in [0.1, 0.15) is 11.6 Å². The van der Waals surface area contributed by atoms with Crippen LogP contribution in [0.2, 0.25) is 0 Å². The Labute approximate surface area is 164 Å². The van der Waals surface area contributed by atoms with E-state index in [1.54, 1.807) is 6.20 Å². The Hall–Kier alpha value is -2.60. The van der Waals surface area contributed by atoms with Gasteiger partial charge < -0.3 is 5.21 Å². The zero-order valence-corrected chi connectivity index (χ0v) is 16.1. The normalized spacial score (nSPS) is 12.8. The van der Waals surface area contributed by atoms with Gasteiger partial charge in [-0.15, -0.1) is 0 Å². The quantitative estimate of drug-likeness (QED) is 0.323. The molecular formula is C21H17BrF2N2O. The van der Waals surface area contributed by atoms with Gasteiger partial charge in [0, 0.05) is 28.9 Å². The molecule has 0 aliphatic rings. The molecule has 27 heavy (non-hydrogen) atoms. The van der Waals surface area contributed by atoms with Crippen molar-refractivity contribution in [3.8, 4) is 0 Å². The van der Waals surface area contributed by atoms with E-state index >= 15 is 0 Å². The zero-order chi connectivity index (χ0) is 19.4. The number of aromatic nitrogens is 1. The molecule has 0 amide bonds. The van der Waals surface area contributed by atoms with Gasteiger partial charge in [-0.1, -0.05) is 33.2 Å². The second kappa shape index (κ2) is 8.39. The van der Waals surface area contributed by atoms with Gasteiger partial charge in [-0.2, -0.15) is 0 Å². The highest BCUT2D eigenvalue weighted by atomic mass is 79.9. The third-order valence-electron chi connectivity index (χ3n) is 4.23. The van der Waals surface area contributed by atoms with Crippen LogP contribution in [0, 0.1) is 18.6 Å². The van der Waals surface area contributed by atoms with Gasteiger partial charge in [-0.3, -0.25) is 4.98 Å². The number of oxime groups is 1. The van der Waals surface area contributed by atoms with Crippen LogP contribution >= 0.6 is 15.9 Å². The first kappa shape index (κ1) is 19.2. The largest absolute Gasteiger partial charge is 0.411 e. The van der Waals surface area contributed by atoms with Crippen molar-refractivity contribution >= 4 is 21.6 Å². The van der Waals surface area contributed by atoms with Crippen molar-refractivity contribution in [1.29, 1.82) is 0 Å². The molecule has 138 valence electrons. The SMILES string of the molecule is Cc1cc(C/C(=N/O)C(c2ccc(Br)cc2)c2cc(F)cc(F)c2)ccn1. The van der Waals surface area contributed by atoms with E-state index in [1.165, 1.54) is 12.1 Å². The lowest BCUT2D eigenvalue weighted by Crippen LogP contribution is -2.18. The van der Waals surface area contributed by atoms with Gasteiger partial charge in [0.2, 0.25) is 0 Å². The van der Waals surface area contributed by atoms with Crippen molar-refractivity contribution in [2.24, 2.45) is 5.16 Å². The summed E-state index contributed by atoms with van der Waals surface area (Å²) in [4.78, 5) is 4.16. The molecule has 1 N–H and O–H groups in total. The van der Waals surface area contributed by atoms with Crippen LogP contribution in [0.25, 0.3) is 0 Å². The van der Waals surface area contributed by atoms with E-state index in [0.717, 1.165) is 27.4 Å². The van der Waals surface area contributed by atoms with E-state index in [4.69, 9.17) is 0 Å². The van der Waals surface area contributed by atoms with E-state index in [0.29, 0.717) is 17.7 Å². The molecule has 0 bridgehead atoms. The highest BCUT2D eigenvalue weighted by Crippen LogP contribution is 2.30. The molecule has 3 nitrogen and oxygen atoms in total. The monoisotopic (exact) mass is 430 g/mol. The summed E-state index contributed by atoms with van der Waals surface area (Å²) in [6.07, 6.45) is 1.99. The lowest BCUT2D eigenvalue weighted by molar-refractivity contribution is 0.316. The Balaban J connectivity index is 2.08. The van der Waals surface area contributed by atoms with Crippen molar-refractivity contribution in [1.82, 2.24) is 4.98 Å². The summed E-state index contributed by atoms with van der Waals surface area (Å²) in [5, 5.41) is 13.2. The summed E-state index contributed by atoms with van der Waals surface area (Å²) in [6, 6.07) is 14.4. The second-order valence-corrected chi connectivity index (χ2v) is 7.18. The standard InChI is InChI=1S/C21H17BrF2N2O/c1-13-8-14(6-7-25-13)9-20(26-27)21(15-2-4-17(22)5-3-15)16-10-18(23)12-19(24)11-16/h2-8,10-12,21,27H,9H2,1H3/b26-20-. The number of hydrogen-bond acceptors (Lipinski definition) is 3. The predicted octanol–water partition coefficient (Wildman–Crippen LogP) is 5.64. The Bertz CT molecular complexity index is 954. The Kier molecular flexibility index (Phi) is 5.96. The Morgan fingerprint density at radius 2 is 1.70 bits per heavy atom. The van der Waals surface area contributed by atoms with Crippen molar-refractivity contribution < 1.29 is 14.0 Å². The molecule has 0 radical (unpaired) electrons. The van der Waals surface area contributed by atoms with Crippen LogP contribution in [0.4, 0.5) is 8.78 Å². The molecule has 0 fully saturated rings. The van der Waals surface area contributed by atoms with Gasteiger partial charge in [0.05, 0.1) is 11.6 Å². The maximum absolute atomic E-state index is 13.9. The van der Waals surface area contributed by atoms with Crippen molar-refractivity contribution in [3.05, 3.63) is 99.3 Å². The van der Waals surface area contributed by atoms with E-state index in [1.807, 2.05) is 43.3 Å². The average Bonchev–Trinajstić information content (AvgIpc) is 2.62. The molecule has 6 heteroatoms. The third-order valence-corrected chi connectivity index (χ3v) is 4.76. The number of nitrogens with zero attached hydrogens (tertiary/aromatic N) is 2. The summed E-state index contributed by atoms with van der Waals surface area (Å²) in [6.45, 7) is 1.87. The predicted molar refractivity (Wildman–Crippen MR) is 104 cm³/mol. The first-order chi connectivity index (χ1) is 13.0. The molecule has 1 heterocycles. The number of halogens is 3. The molecule has 3 aromatic rings. The molecule has 1 aromatic heterocycles. The fourth-order valence-electron chi connectivity index (χ4n) is 3.09. The van der Waals surface area contributed by atoms with Gasteiger partial charge in [-0.05, 0) is 60.0 Å². The first-order valence-electron chi connectivity index (χ1n) is 8.30. The summed E-state index contributed by atoms with van der Waals surface area (Å²) in [5.74, 6) is -1.95. The Morgan fingerprint density at radius 1 is 1.04 bits per heavy atom.